The third-order valence-electron chi connectivity index (χ3n) is 2.14. The van der Waals surface area contributed by atoms with E-state index in [1.807, 2.05) is 13.8 Å². The predicted octanol–water partition coefficient (Wildman–Crippen LogP) is -0.212. The molecule has 4 N–H and O–H groups in total. The maximum absolute atomic E-state index is 11.5. The number of nitrogens with one attached hydrogen (secondary N) is 2. The van der Waals surface area contributed by atoms with Crippen LogP contribution in [0.4, 0.5) is 0 Å². The van der Waals surface area contributed by atoms with Gasteiger partial charge in [-0.2, -0.15) is 0 Å². The minimum absolute atomic E-state index is 0.0913. The van der Waals surface area contributed by atoms with E-state index in [9.17, 15) is 4.79 Å². The number of rotatable bonds is 3. The summed E-state index contributed by atoms with van der Waals surface area (Å²) in [6.07, 6.45) is 2.67. The van der Waals surface area contributed by atoms with Crippen LogP contribution in [0.5, 0.6) is 0 Å². The third-order valence-corrected chi connectivity index (χ3v) is 2.14. The first-order chi connectivity index (χ1) is 7.59. The maximum atomic E-state index is 11.5. The van der Waals surface area contributed by atoms with Gasteiger partial charge in [-0.1, -0.05) is 0 Å². The standard InChI is InChI=1S/C11H20N4O/c1-8(2)15-11(16)10(12)6-9-7-13-4-3-5-14-9/h6,8,13H,3-5,7,12H2,1-2H3,(H,15,16). The Labute approximate surface area is 96.2 Å². The Hall–Kier alpha value is -1.36. The number of hydrogen-bond donors (Lipinski definition) is 3. The molecule has 0 aromatic rings. The van der Waals surface area contributed by atoms with E-state index in [1.165, 1.54) is 0 Å². The van der Waals surface area contributed by atoms with Crippen LogP contribution < -0.4 is 16.4 Å². The Balaban J connectivity index is 2.60. The van der Waals surface area contributed by atoms with Crippen LogP contribution in [-0.4, -0.2) is 37.3 Å². The van der Waals surface area contributed by atoms with E-state index in [1.54, 1.807) is 6.08 Å². The lowest BCUT2D eigenvalue weighted by Gasteiger charge is -2.08. The lowest BCUT2D eigenvalue weighted by molar-refractivity contribution is -0.118. The average Bonchev–Trinajstić information content (AvgIpc) is 2.45. The van der Waals surface area contributed by atoms with Gasteiger partial charge in [-0.05, 0) is 32.9 Å². The van der Waals surface area contributed by atoms with E-state index in [0.29, 0.717) is 6.54 Å². The van der Waals surface area contributed by atoms with Crippen LogP contribution in [0.2, 0.25) is 0 Å². The summed E-state index contributed by atoms with van der Waals surface area (Å²) in [5.74, 6) is -0.234. The van der Waals surface area contributed by atoms with Crippen molar-refractivity contribution in [2.45, 2.75) is 26.3 Å². The fourth-order valence-electron chi connectivity index (χ4n) is 1.39. The summed E-state index contributed by atoms with van der Waals surface area (Å²) in [7, 11) is 0. The van der Waals surface area contributed by atoms with Crippen molar-refractivity contribution < 1.29 is 4.79 Å². The Morgan fingerprint density at radius 2 is 2.38 bits per heavy atom. The summed E-state index contributed by atoms with van der Waals surface area (Å²) in [6, 6.07) is 0.0913. The van der Waals surface area contributed by atoms with E-state index >= 15 is 0 Å². The molecule has 0 atom stereocenters. The van der Waals surface area contributed by atoms with Crippen molar-refractivity contribution in [3.8, 4) is 0 Å². The molecule has 0 bridgehead atoms. The molecule has 0 aromatic carbocycles. The second-order valence-corrected chi connectivity index (χ2v) is 4.13. The van der Waals surface area contributed by atoms with Gasteiger partial charge in [-0.15, -0.1) is 0 Å². The third kappa shape index (κ3) is 4.44. The van der Waals surface area contributed by atoms with Crippen LogP contribution in [-0.2, 0) is 4.79 Å². The highest BCUT2D eigenvalue weighted by atomic mass is 16.2. The predicted molar refractivity (Wildman–Crippen MR) is 65.3 cm³/mol. The van der Waals surface area contributed by atoms with Crippen molar-refractivity contribution in [2.24, 2.45) is 10.7 Å². The Kier molecular flexibility index (Phi) is 4.98. The Morgan fingerprint density at radius 1 is 1.62 bits per heavy atom. The van der Waals surface area contributed by atoms with Gasteiger partial charge < -0.3 is 16.4 Å². The molecule has 0 saturated carbocycles. The molecule has 0 aromatic heterocycles. The van der Waals surface area contributed by atoms with E-state index < -0.39 is 0 Å². The Morgan fingerprint density at radius 3 is 3.06 bits per heavy atom. The summed E-state index contributed by atoms with van der Waals surface area (Å²) >= 11 is 0. The highest BCUT2D eigenvalue weighted by molar-refractivity contribution is 6.04. The van der Waals surface area contributed by atoms with Crippen LogP contribution in [0.25, 0.3) is 0 Å². The zero-order valence-corrected chi connectivity index (χ0v) is 9.92. The highest BCUT2D eigenvalue weighted by Gasteiger charge is 2.08. The monoisotopic (exact) mass is 224 g/mol. The quantitative estimate of drug-likeness (QED) is 0.580. The van der Waals surface area contributed by atoms with E-state index in [4.69, 9.17) is 5.73 Å². The van der Waals surface area contributed by atoms with E-state index in [-0.39, 0.29) is 17.6 Å². The highest BCUT2D eigenvalue weighted by Crippen LogP contribution is 1.94. The largest absolute Gasteiger partial charge is 0.394 e. The normalized spacial score (nSPS) is 17.9. The van der Waals surface area contributed by atoms with Crippen molar-refractivity contribution in [3.05, 3.63) is 11.8 Å². The molecule has 0 saturated heterocycles. The lowest BCUT2D eigenvalue weighted by atomic mass is 10.2. The minimum atomic E-state index is -0.234. The van der Waals surface area contributed by atoms with Gasteiger partial charge in [0.05, 0.1) is 11.4 Å². The molecule has 0 fully saturated rings. The van der Waals surface area contributed by atoms with Gasteiger partial charge in [0.1, 0.15) is 0 Å². The summed E-state index contributed by atoms with van der Waals surface area (Å²) < 4.78 is 0. The molecule has 0 spiro atoms. The molecule has 5 heteroatoms. The van der Waals surface area contributed by atoms with E-state index in [2.05, 4.69) is 15.6 Å². The first kappa shape index (κ1) is 12.7. The molecule has 1 heterocycles. The SMILES string of the molecule is CC(C)NC(=O)C(N)=CC1=NCCCNC1. The molecule has 1 amide bonds. The lowest BCUT2D eigenvalue weighted by Crippen LogP contribution is -2.34. The second kappa shape index (κ2) is 6.27. The minimum Gasteiger partial charge on any atom is -0.394 e. The smallest absolute Gasteiger partial charge is 0.267 e. The molecule has 0 radical (unpaired) electrons. The van der Waals surface area contributed by atoms with Gasteiger partial charge in [0.15, 0.2) is 0 Å². The number of hydrogen-bond acceptors (Lipinski definition) is 4. The van der Waals surface area contributed by atoms with Gasteiger partial charge >= 0.3 is 0 Å². The molecule has 1 aliphatic heterocycles. The van der Waals surface area contributed by atoms with Crippen molar-refractivity contribution in [2.75, 3.05) is 19.6 Å². The first-order valence-corrected chi connectivity index (χ1v) is 5.61. The molecule has 90 valence electrons. The number of aliphatic imine (C=N–C) groups is 1. The number of nitrogens with two attached hydrogens (primary N) is 1. The number of amides is 1. The van der Waals surface area contributed by atoms with Crippen molar-refractivity contribution in [1.82, 2.24) is 10.6 Å². The van der Waals surface area contributed by atoms with Crippen molar-refractivity contribution >= 4 is 11.6 Å². The zero-order chi connectivity index (χ0) is 12.0. The van der Waals surface area contributed by atoms with Crippen LogP contribution in [0.15, 0.2) is 16.8 Å². The summed E-state index contributed by atoms with van der Waals surface area (Å²) in [6.45, 7) is 6.22. The molecule has 16 heavy (non-hydrogen) atoms. The maximum Gasteiger partial charge on any atom is 0.267 e. The van der Waals surface area contributed by atoms with Gasteiger partial charge in [-0.3, -0.25) is 9.79 Å². The first-order valence-electron chi connectivity index (χ1n) is 5.61. The van der Waals surface area contributed by atoms with Crippen LogP contribution in [0.1, 0.15) is 20.3 Å². The summed E-state index contributed by atoms with van der Waals surface area (Å²) in [5.41, 5.74) is 6.75. The van der Waals surface area contributed by atoms with Gasteiger partial charge in [0, 0.05) is 19.1 Å². The van der Waals surface area contributed by atoms with Crippen LogP contribution in [0, 0.1) is 0 Å². The van der Waals surface area contributed by atoms with E-state index in [0.717, 1.165) is 25.2 Å². The number of carbonyl (C=O) groups is 1. The zero-order valence-electron chi connectivity index (χ0n) is 9.92. The molecule has 0 aliphatic carbocycles. The van der Waals surface area contributed by atoms with Crippen molar-refractivity contribution in [1.29, 1.82) is 0 Å². The van der Waals surface area contributed by atoms with Gasteiger partial charge in [-0.25, -0.2) is 0 Å². The fourth-order valence-corrected chi connectivity index (χ4v) is 1.39. The van der Waals surface area contributed by atoms with Crippen LogP contribution in [0.3, 0.4) is 0 Å². The second-order valence-electron chi connectivity index (χ2n) is 4.13. The van der Waals surface area contributed by atoms with Gasteiger partial charge in [0.25, 0.3) is 5.91 Å². The summed E-state index contributed by atoms with van der Waals surface area (Å²) in [4.78, 5) is 15.9. The average molecular weight is 224 g/mol. The van der Waals surface area contributed by atoms with Crippen molar-refractivity contribution in [3.63, 3.8) is 0 Å². The fraction of sp³-hybridized carbons (Fsp3) is 0.636. The van der Waals surface area contributed by atoms with Gasteiger partial charge in [0.2, 0.25) is 0 Å². The molecule has 1 aliphatic rings. The molecule has 1 rings (SSSR count). The van der Waals surface area contributed by atoms with Crippen LogP contribution >= 0.6 is 0 Å². The Bertz CT molecular complexity index is 307. The molecular formula is C11H20N4O. The summed E-state index contributed by atoms with van der Waals surface area (Å²) in [5, 5.41) is 5.96. The molecular weight excluding hydrogens is 204 g/mol. The number of carbonyl (C=O) groups excluding carboxylic acids is 1. The topological polar surface area (TPSA) is 79.5 Å². The number of nitrogens with zero attached hydrogens (tertiary/aromatic N) is 1. The molecule has 0 unspecified atom stereocenters. The molecule has 5 nitrogen and oxygen atoms in total.